The van der Waals surface area contributed by atoms with E-state index in [-0.39, 0.29) is 0 Å². The topological polar surface area (TPSA) is 20.5 Å². The Kier molecular flexibility index (Phi) is 2.04. The molecule has 0 saturated carbocycles. The van der Waals surface area contributed by atoms with Crippen molar-refractivity contribution in [3.8, 4) is 0 Å². The van der Waals surface area contributed by atoms with Crippen molar-refractivity contribution in [3.05, 3.63) is 35.5 Å². The van der Waals surface area contributed by atoms with Crippen molar-refractivity contribution in [3.63, 3.8) is 0 Å². The molecule has 3 heterocycles. The van der Waals surface area contributed by atoms with Crippen LogP contribution in [0.3, 0.4) is 0 Å². The van der Waals surface area contributed by atoms with Gasteiger partial charge in [-0.3, -0.25) is 4.99 Å². The monoisotopic (exact) mass is 239 g/mol. The van der Waals surface area contributed by atoms with Crippen molar-refractivity contribution in [1.82, 2.24) is 9.47 Å². The van der Waals surface area contributed by atoms with Crippen molar-refractivity contribution in [2.45, 2.75) is 19.9 Å². The molecule has 1 aromatic carbocycles. The number of benzene rings is 1. The number of amidine groups is 1. The summed E-state index contributed by atoms with van der Waals surface area (Å²) in [5.41, 5.74) is 4.28. The minimum atomic E-state index is 0.937. The first-order chi connectivity index (χ1) is 8.90. The van der Waals surface area contributed by atoms with E-state index >= 15 is 0 Å². The molecular formula is C15H17N3. The number of hydrogen-bond donors (Lipinski definition) is 0. The molecule has 0 aliphatic carbocycles. The maximum absolute atomic E-state index is 4.77. The fourth-order valence-corrected chi connectivity index (χ4v) is 3.35. The van der Waals surface area contributed by atoms with Gasteiger partial charge in [0.2, 0.25) is 0 Å². The lowest BCUT2D eigenvalue weighted by Gasteiger charge is -2.33. The highest BCUT2D eigenvalue weighted by Crippen LogP contribution is 2.32. The molecule has 0 N–H and O–H groups in total. The van der Waals surface area contributed by atoms with Crippen LogP contribution in [-0.4, -0.2) is 34.9 Å². The number of hydrogen-bond acceptors (Lipinski definition) is 2. The van der Waals surface area contributed by atoms with Gasteiger partial charge in [0.25, 0.3) is 0 Å². The zero-order chi connectivity index (χ0) is 12.1. The second-order valence-corrected chi connectivity index (χ2v) is 5.03. The molecule has 0 spiro atoms. The van der Waals surface area contributed by atoms with Gasteiger partial charge in [0.15, 0.2) is 0 Å². The van der Waals surface area contributed by atoms with Crippen LogP contribution in [0.25, 0.3) is 10.9 Å². The van der Waals surface area contributed by atoms with Gasteiger partial charge in [-0.15, -0.1) is 0 Å². The Morgan fingerprint density at radius 1 is 1.22 bits per heavy atom. The van der Waals surface area contributed by atoms with Crippen molar-refractivity contribution in [2.75, 3.05) is 19.6 Å². The number of rotatable bonds is 1. The smallest absolute Gasteiger partial charge is 0.148 e. The lowest BCUT2D eigenvalue weighted by molar-refractivity contribution is 0.389. The quantitative estimate of drug-likeness (QED) is 0.747. The molecule has 0 bridgehead atoms. The third kappa shape index (κ3) is 1.17. The molecule has 92 valence electrons. The van der Waals surface area contributed by atoms with Gasteiger partial charge in [-0.1, -0.05) is 18.2 Å². The number of nitrogens with zero attached hydrogens (tertiary/aromatic N) is 3. The summed E-state index contributed by atoms with van der Waals surface area (Å²) in [6, 6.07) is 8.79. The molecule has 2 aromatic rings. The third-order valence-corrected chi connectivity index (χ3v) is 4.19. The zero-order valence-electron chi connectivity index (χ0n) is 10.7. The van der Waals surface area contributed by atoms with Gasteiger partial charge >= 0.3 is 0 Å². The fraction of sp³-hybridized carbons (Fsp3) is 0.400. The summed E-state index contributed by atoms with van der Waals surface area (Å²) in [5.74, 6) is 1.22. The third-order valence-electron chi connectivity index (χ3n) is 4.19. The SMILES string of the molecule is CCN1CCn2c3c(c4ccccc42)CCN=C31. The van der Waals surface area contributed by atoms with E-state index in [0.717, 1.165) is 32.6 Å². The van der Waals surface area contributed by atoms with E-state index in [9.17, 15) is 0 Å². The number of fused-ring (bicyclic) bond motifs is 3. The predicted molar refractivity (Wildman–Crippen MR) is 74.3 cm³/mol. The van der Waals surface area contributed by atoms with E-state index in [4.69, 9.17) is 4.99 Å². The van der Waals surface area contributed by atoms with Crippen LogP contribution >= 0.6 is 0 Å². The van der Waals surface area contributed by atoms with Crippen molar-refractivity contribution in [1.29, 1.82) is 0 Å². The highest BCUT2D eigenvalue weighted by atomic mass is 15.3. The molecule has 0 atom stereocenters. The van der Waals surface area contributed by atoms with Crippen LogP contribution in [0.5, 0.6) is 0 Å². The maximum atomic E-state index is 4.77. The largest absolute Gasteiger partial charge is 0.354 e. The number of para-hydroxylation sites is 1. The molecule has 0 saturated heterocycles. The van der Waals surface area contributed by atoms with Crippen molar-refractivity contribution < 1.29 is 0 Å². The van der Waals surface area contributed by atoms with Crippen LogP contribution in [0.15, 0.2) is 29.3 Å². The minimum Gasteiger partial charge on any atom is -0.354 e. The first-order valence-electron chi connectivity index (χ1n) is 6.80. The minimum absolute atomic E-state index is 0.937. The van der Waals surface area contributed by atoms with Crippen molar-refractivity contribution in [2.24, 2.45) is 4.99 Å². The fourth-order valence-electron chi connectivity index (χ4n) is 3.35. The summed E-state index contributed by atoms with van der Waals surface area (Å²) in [7, 11) is 0. The Balaban J connectivity index is 2.07. The van der Waals surface area contributed by atoms with Crippen LogP contribution in [0.2, 0.25) is 0 Å². The molecule has 0 fully saturated rings. The van der Waals surface area contributed by atoms with Crippen molar-refractivity contribution >= 4 is 16.7 Å². The van der Waals surface area contributed by atoms with Crippen LogP contribution in [0, 0.1) is 0 Å². The van der Waals surface area contributed by atoms with E-state index < -0.39 is 0 Å². The molecular weight excluding hydrogens is 222 g/mol. The Hall–Kier alpha value is -1.77. The Morgan fingerprint density at radius 3 is 3.00 bits per heavy atom. The molecule has 0 unspecified atom stereocenters. The van der Waals surface area contributed by atoms with E-state index in [0.29, 0.717) is 0 Å². The summed E-state index contributed by atoms with van der Waals surface area (Å²) in [6.45, 7) is 6.38. The summed E-state index contributed by atoms with van der Waals surface area (Å²) in [4.78, 5) is 7.18. The molecule has 18 heavy (non-hydrogen) atoms. The first-order valence-corrected chi connectivity index (χ1v) is 6.80. The Bertz CT molecular complexity index is 636. The van der Waals surface area contributed by atoms with Crippen LogP contribution in [-0.2, 0) is 13.0 Å². The van der Waals surface area contributed by atoms with E-state index in [2.05, 4.69) is 40.7 Å². The van der Waals surface area contributed by atoms with Gasteiger partial charge in [-0.05, 0) is 25.0 Å². The number of aliphatic imine (C=N–C) groups is 1. The van der Waals surface area contributed by atoms with E-state index in [1.54, 1.807) is 0 Å². The molecule has 4 rings (SSSR count). The molecule has 0 radical (unpaired) electrons. The Morgan fingerprint density at radius 2 is 2.11 bits per heavy atom. The first kappa shape index (κ1) is 10.2. The van der Waals surface area contributed by atoms with Gasteiger partial charge < -0.3 is 9.47 Å². The standard InChI is InChI=1S/C15H17N3/c1-2-17-9-10-18-13-6-4-3-5-11(13)12-7-8-16-15(17)14(12)18/h3-6H,2,7-10H2,1H3. The summed E-state index contributed by atoms with van der Waals surface area (Å²) < 4.78 is 2.47. The molecule has 3 heteroatoms. The van der Waals surface area contributed by atoms with E-state index in [1.165, 1.54) is 28.0 Å². The van der Waals surface area contributed by atoms with Gasteiger partial charge in [0, 0.05) is 37.1 Å². The lowest BCUT2D eigenvalue weighted by Crippen LogP contribution is -2.42. The molecule has 3 nitrogen and oxygen atoms in total. The van der Waals surface area contributed by atoms with Gasteiger partial charge in [0.1, 0.15) is 5.84 Å². The van der Waals surface area contributed by atoms with Crippen LogP contribution in [0.4, 0.5) is 0 Å². The highest BCUT2D eigenvalue weighted by molar-refractivity contribution is 6.06. The summed E-state index contributed by atoms with van der Waals surface area (Å²) in [6.07, 6.45) is 1.09. The molecule has 1 aromatic heterocycles. The highest BCUT2D eigenvalue weighted by Gasteiger charge is 2.29. The van der Waals surface area contributed by atoms with Gasteiger partial charge in [0.05, 0.1) is 5.69 Å². The summed E-state index contributed by atoms with van der Waals surface area (Å²) in [5, 5.41) is 1.43. The number of likely N-dealkylation sites (N-methyl/N-ethyl adjacent to an activating group) is 1. The van der Waals surface area contributed by atoms with E-state index in [1.807, 2.05) is 0 Å². The second kappa shape index (κ2) is 3.61. The average molecular weight is 239 g/mol. The molecule has 2 aliphatic heterocycles. The van der Waals surface area contributed by atoms with Gasteiger partial charge in [-0.25, -0.2) is 0 Å². The predicted octanol–water partition coefficient (Wildman–Crippen LogP) is 2.28. The normalized spacial score (nSPS) is 17.8. The second-order valence-electron chi connectivity index (χ2n) is 5.03. The lowest BCUT2D eigenvalue weighted by atomic mass is 10.0. The van der Waals surface area contributed by atoms with Crippen LogP contribution < -0.4 is 0 Å². The van der Waals surface area contributed by atoms with Gasteiger partial charge in [-0.2, -0.15) is 0 Å². The molecule has 0 amide bonds. The maximum Gasteiger partial charge on any atom is 0.148 e. The average Bonchev–Trinajstić information content (AvgIpc) is 2.77. The van der Waals surface area contributed by atoms with Crippen LogP contribution in [0.1, 0.15) is 18.2 Å². The number of aromatic nitrogens is 1. The Labute approximate surface area is 107 Å². The zero-order valence-corrected chi connectivity index (χ0v) is 10.7. The summed E-state index contributed by atoms with van der Waals surface area (Å²) >= 11 is 0. The molecule has 2 aliphatic rings.